The van der Waals surface area contributed by atoms with E-state index >= 15 is 0 Å². The van der Waals surface area contributed by atoms with Crippen molar-refractivity contribution in [2.24, 2.45) is 0 Å². The summed E-state index contributed by atoms with van der Waals surface area (Å²) in [5.74, 6) is 2.17. The normalized spacial score (nSPS) is 14.4. The first-order valence-electron chi connectivity index (χ1n) is 19.4. The van der Waals surface area contributed by atoms with Crippen LogP contribution in [0.1, 0.15) is 29.0 Å². The van der Waals surface area contributed by atoms with Crippen LogP contribution in [0.15, 0.2) is 182 Å². The van der Waals surface area contributed by atoms with Gasteiger partial charge in [-0.1, -0.05) is 146 Å². The van der Waals surface area contributed by atoms with E-state index in [0.29, 0.717) is 5.92 Å². The van der Waals surface area contributed by atoms with Crippen LogP contribution in [0.3, 0.4) is 0 Å². The van der Waals surface area contributed by atoms with Crippen LogP contribution < -0.4 is 4.74 Å². The molecule has 258 valence electrons. The standard InChI is InChI=1S/C53H35NO/c1-2-12-33(13-3-1)38-28-26-35-24-25-36(30-45(35)41-18-7-6-17-40(38)41)37-27-29-48-46(31-37)52-44-21-11-20-43-42-19-8-9-23-50(42)55-51(53(43)44)32-49(52)54(48)47-22-10-15-34-14-4-5-16-39(34)47/h1-25,27,29-32,38H,26,28H2. The first kappa shape index (κ1) is 30.6. The van der Waals surface area contributed by atoms with Gasteiger partial charge in [-0.2, -0.15) is 0 Å². The highest BCUT2D eigenvalue weighted by Crippen LogP contribution is 2.51. The Morgan fingerprint density at radius 2 is 1.18 bits per heavy atom. The van der Waals surface area contributed by atoms with Gasteiger partial charge in [0.1, 0.15) is 11.5 Å². The van der Waals surface area contributed by atoms with E-state index in [2.05, 4.69) is 187 Å². The van der Waals surface area contributed by atoms with Crippen molar-refractivity contribution in [1.82, 2.24) is 4.57 Å². The molecule has 0 saturated heterocycles. The molecule has 0 fully saturated rings. The second-order valence-corrected chi connectivity index (χ2v) is 15.1. The van der Waals surface area contributed by atoms with Crippen LogP contribution in [0.2, 0.25) is 0 Å². The number of aryl methyl sites for hydroxylation is 1. The summed E-state index contributed by atoms with van der Waals surface area (Å²) in [6, 6.07) is 67.1. The zero-order valence-corrected chi connectivity index (χ0v) is 30.2. The van der Waals surface area contributed by atoms with Crippen LogP contribution in [-0.4, -0.2) is 4.57 Å². The molecule has 1 aromatic heterocycles. The topological polar surface area (TPSA) is 14.2 Å². The molecule has 2 heterocycles. The number of nitrogens with zero attached hydrogens (tertiary/aromatic N) is 1. The lowest BCUT2D eigenvalue weighted by Gasteiger charge is -2.22. The average Bonchev–Trinajstić information content (AvgIpc) is 3.47. The number of rotatable bonds is 3. The number of benzene rings is 9. The Morgan fingerprint density at radius 3 is 2.13 bits per heavy atom. The predicted molar refractivity (Wildman–Crippen MR) is 229 cm³/mol. The van der Waals surface area contributed by atoms with E-state index in [0.717, 1.165) is 35.4 Å². The van der Waals surface area contributed by atoms with Crippen LogP contribution in [0.25, 0.3) is 82.4 Å². The molecule has 2 nitrogen and oxygen atoms in total. The monoisotopic (exact) mass is 701 g/mol. The molecule has 0 bridgehead atoms. The van der Waals surface area contributed by atoms with Crippen molar-refractivity contribution < 1.29 is 4.74 Å². The first-order valence-corrected chi connectivity index (χ1v) is 19.4. The van der Waals surface area contributed by atoms with Crippen molar-refractivity contribution in [1.29, 1.82) is 0 Å². The SMILES string of the molecule is c1ccc(C2CCc3ccc(-c4ccc5c(c4)c4c6cccc7c6c(cc4n5-c4cccc5ccccc45)Oc4ccccc4-7)cc3-c3ccccc32)cc1. The average molecular weight is 702 g/mol. The first-order chi connectivity index (χ1) is 27.3. The molecule has 1 aliphatic carbocycles. The number of ether oxygens (including phenoxy) is 1. The van der Waals surface area contributed by atoms with E-state index in [1.165, 1.54) is 88.0 Å². The van der Waals surface area contributed by atoms with Gasteiger partial charge < -0.3 is 9.30 Å². The van der Waals surface area contributed by atoms with Gasteiger partial charge in [-0.05, 0) is 98.5 Å². The number of fused-ring (bicyclic) bond motifs is 10. The summed E-state index contributed by atoms with van der Waals surface area (Å²) < 4.78 is 9.20. The van der Waals surface area contributed by atoms with E-state index in [4.69, 9.17) is 4.74 Å². The van der Waals surface area contributed by atoms with E-state index in [1.807, 2.05) is 0 Å². The minimum absolute atomic E-state index is 0.371. The fourth-order valence-electron chi connectivity index (χ4n) is 9.75. The zero-order valence-electron chi connectivity index (χ0n) is 30.2. The second kappa shape index (κ2) is 11.8. The third-order valence-corrected chi connectivity index (χ3v) is 12.2. The summed E-state index contributed by atoms with van der Waals surface area (Å²) in [7, 11) is 0. The van der Waals surface area contributed by atoms with Crippen LogP contribution >= 0.6 is 0 Å². The minimum Gasteiger partial charge on any atom is -0.456 e. The Hall–Kier alpha value is -6.90. The molecule has 0 N–H and O–H groups in total. The number of aromatic nitrogens is 1. The Morgan fingerprint density at radius 1 is 0.455 bits per heavy atom. The second-order valence-electron chi connectivity index (χ2n) is 15.1. The molecule has 10 aromatic rings. The summed E-state index contributed by atoms with van der Waals surface area (Å²) in [5, 5.41) is 7.32. The smallest absolute Gasteiger partial charge is 0.138 e. The Balaban J connectivity index is 1.11. The van der Waals surface area contributed by atoms with Crippen LogP contribution in [0, 0.1) is 0 Å². The van der Waals surface area contributed by atoms with Crippen molar-refractivity contribution in [3.63, 3.8) is 0 Å². The maximum atomic E-state index is 6.74. The Labute approximate surface area is 319 Å². The molecule has 0 spiro atoms. The fraction of sp³-hybridized carbons (Fsp3) is 0.0566. The summed E-state index contributed by atoms with van der Waals surface area (Å²) >= 11 is 0. The molecule has 2 aliphatic rings. The number of hydrogen-bond acceptors (Lipinski definition) is 1. The van der Waals surface area contributed by atoms with Gasteiger partial charge in [0.25, 0.3) is 0 Å². The molecule has 0 saturated carbocycles. The van der Waals surface area contributed by atoms with Gasteiger partial charge in [-0.25, -0.2) is 0 Å². The molecular formula is C53H35NO. The molecule has 1 atom stereocenters. The lowest BCUT2D eigenvalue weighted by molar-refractivity contribution is 0.487. The maximum absolute atomic E-state index is 6.74. The van der Waals surface area contributed by atoms with Gasteiger partial charge >= 0.3 is 0 Å². The lowest BCUT2D eigenvalue weighted by atomic mass is 9.86. The van der Waals surface area contributed by atoms with Gasteiger partial charge in [0.15, 0.2) is 0 Å². The molecule has 1 aliphatic heterocycles. The van der Waals surface area contributed by atoms with Gasteiger partial charge in [-0.3, -0.25) is 0 Å². The Bertz CT molecular complexity index is 3180. The fourth-order valence-corrected chi connectivity index (χ4v) is 9.75. The van der Waals surface area contributed by atoms with Crippen LogP contribution in [-0.2, 0) is 6.42 Å². The Kier molecular flexibility index (Phi) is 6.55. The molecule has 9 aromatic carbocycles. The van der Waals surface area contributed by atoms with E-state index in [-0.39, 0.29) is 0 Å². The van der Waals surface area contributed by atoms with Crippen LogP contribution in [0.5, 0.6) is 11.5 Å². The summed E-state index contributed by atoms with van der Waals surface area (Å²) in [6.07, 6.45) is 2.14. The van der Waals surface area contributed by atoms with Crippen LogP contribution in [0.4, 0.5) is 0 Å². The van der Waals surface area contributed by atoms with Gasteiger partial charge in [-0.15, -0.1) is 0 Å². The van der Waals surface area contributed by atoms with Crippen molar-refractivity contribution in [3.05, 3.63) is 199 Å². The molecule has 12 rings (SSSR count). The highest BCUT2D eigenvalue weighted by molar-refractivity contribution is 6.26. The summed E-state index contributed by atoms with van der Waals surface area (Å²) in [4.78, 5) is 0. The summed E-state index contributed by atoms with van der Waals surface area (Å²) in [6.45, 7) is 0. The molecule has 1 unspecified atom stereocenters. The predicted octanol–water partition coefficient (Wildman–Crippen LogP) is 14.3. The third kappa shape index (κ3) is 4.55. The quantitative estimate of drug-likeness (QED) is 0.179. The van der Waals surface area contributed by atoms with Crippen molar-refractivity contribution >= 4 is 43.4 Å². The van der Waals surface area contributed by atoms with Gasteiger partial charge in [0.2, 0.25) is 0 Å². The summed E-state index contributed by atoms with van der Waals surface area (Å²) in [5.41, 5.74) is 15.2. The molecular weight excluding hydrogens is 667 g/mol. The molecule has 0 radical (unpaired) electrons. The minimum atomic E-state index is 0.371. The molecule has 55 heavy (non-hydrogen) atoms. The van der Waals surface area contributed by atoms with E-state index < -0.39 is 0 Å². The van der Waals surface area contributed by atoms with E-state index in [9.17, 15) is 0 Å². The highest BCUT2D eigenvalue weighted by atomic mass is 16.5. The van der Waals surface area contributed by atoms with E-state index in [1.54, 1.807) is 0 Å². The number of para-hydroxylation sites is 1. The third-order valence-electron chi connectivity index (χ3n) is 12.2. The molecule has 0 amide bonds. The highest BCUT2D eigenvalue weighted by Gasteiger charge is 2.27. The van der Waals surface area contributed by atoms with Gasteiger partial charge in [0.05, 0.1) is 16.7 Å². The number of hydrogen-bond donors (Lipinski definition) is 0. The zero-order chi connectivity index (χ0) is 36.0. The maximum Gasteiger partial charge on any atom is 0.138 e. The van der Waals surface area contributed by atoms with Gasteiger partial charge in [0, 0.05) is 39.1 Å². The van der Waals surface area contributed by atoms with Crippen molar-refractivity contribution in [2.75, 3.05) is 0 Å². The largest absolute Gasteiger partial charge is 0.456 e. The van der Waals surface area contributed by atoms with Crippen molar-refractivity contribution in [2.45, 2.75) is 18.8 Å². The lowest BCUT2D eigenvalue weighted by Crippen LogP contribution is -2.01. The molecule has 2 heteroatoms. The van der Waals surface area contributed by atoms with Crippen molar-refractivity contribution in [3.8, 4) is 50.6 Å².